The van der Waals surface area contributed by atoms with Crippen LogP contribution in [0.4, 0.5) is 0 Å². The van der Waals surface area contributed by atoms with Crippen LogP contribution < -0.4 is 4.74 Å². The summed E-state index contributed by atoms with van der Waals surface area (Å²) in [7, 11) is 2.11. The standard InChI is InChI=1S/C25H35ClN4O3/c1-19-13-22(5-6-23(19)26)33-18-25(14-24(31)30-11-9-28(3)10-12-30)7-4-8-29(17-25)15-21-16-32-20(2)27-21/h5-6,13,16H,4,7-12,14-15,17-18H2,1-3H3. The van der Waals surface area contributed by atoms with E-state index in [1.54, 1.807) is 6.26 Å². The number of hydrogen-bond acceptors (Lipinski definition) is 6. The van der Waals surface area contributed by atoms with Crippen LogP contribution in [-0.2, 0) is 11.3 Å². The van der Waals surface area contributed by atoms with E-state index in [1.165, 1.54) is 0 Å². The van der Waals surface area contributed by atoms with Gasteiger partial charge in [0.15, 0.2) is 5.89 Å². The van der Waals surface area contributed by atoms with E-state index in [2.05, 4.69) is 21.8 Å². The molecule has 180 valence electrons. The van der Waals surface area contributed by atoms with Crippen molar-refractivity contribution >= 4 is 17.5 Å². The molecule has 0 bridgehead atoms. The van der Waals surface area contributed by atoms with Crippen molar-refractivity contribution in [3.63, 3.8) is 0 Å². The van der Waals surface area contributed by atoms with Gasteiger partial charge in [0.2, 0.25) is 5.91 Å². The molecule has 7 nitrogen and oxygen atoms in total. The van der Waals surface area contributed by atoms with Gasteiger partial charge in [0.25, 0.3) is 0 Å². The maximum atomic E-state index is 13.3. The molecule has 4 rings (SSSR count). The third-order valence-corrected chi connectivity index (χ3v) is 7.27. The molecule has 0 radical (unpaired) electrons. The van der Waals surface area contributed by atoms with Gasteiger partial charge in [-0.1, -0.05) is 11.6 Å². The molecule has 8 heteroatoms. The zero-order valence-corrected chi connectivity index (χ0v) is 20.7. The highest BCUT2D eigenvalue weighted by Crippen LogP contribution is 2.36. The summed E-state index contributed by atoms with van der Waals surface area (Å²) in [5.74, 6) is 1.71. The molecule has 1 unspecified atom stereocenters. The first-order chi connectivity index (χ1) is 15.8. The summed E-state index contributed by atoms with van der Waals surface area (Å²) in [5.41, 5.74) is 1.68. The number of aromatic nitrogens is 1. The Hall–Kier alpha value is -2.09. The first-order valence-electron chi connectivity index (χ1n) is 11.8. The third kappa shape index (κ3) is 6.28. The normalized spacial score (nSPS) is 22.5. The number of hydrogen-bond donors (Lipinski definition) is 0. The zero-order chi connectivity index (χ0) is 23.4. The van der Waals surface area contributed by atoms with E-state index in [0.717, 1.165) is 80.7 Å². The van der Waals surface area contributed by atoms with Crippen molar-refractivity contribution in [1.29, 1.82) is 0 Å². The summed E-state index contributed by atoms with van der Waals surface area (Å²) >= 11 is 6.19. The lowest BCUT2D eigenvalue weighted by molar-refractivity contribution is -0.137. The van der Waals surface area contributed by atoms with Crippen LogP contribution in [0.2, 0.25) is 5.02 Å². The lowest BCUT2D eigenvalue weighted by Gasteiger charge is -2.43. The van der Waals surface area contributed by atoms with Gasteiger partial charge < -0.3 is 19.0 Å². The fraction of sp³-hybridized carbons (Fsp3) is 0.600. The summed E-state index contributed by atoms with van der Waals surface area (Å²) in [6, 6.07) is 5.75. The molecule has 1 amide bonds. The van der Waals surface area contributed by atoms with E-state index in [-0.39, 0.29) is 11.3 Å². The fourth-order valence-electron chi connectivity index (χ4n) is 4.90. The minimum atomic E-state index is -0.245. The molecule has 0 spiro atoms. The van der Waals surface area contributed by atoms with Gasteiger partial charge in [0.1, 0.15) is 12.0 Å². The average molecular weight is 475 g/mol. The van der Waals surface area contributed by atoms with Crippen LogP contribution in [0.25, 0.3) is 0 Å². The summed E-state index contributed by atoms with van der Waals surface area (Å²) in [5, 5.41) is 0.731. The predicted octanol–water partition coefficient (Wildman–Crippen LogP) is 3.77. The van der Waals surface area contributed by atoms with Gasteiger partial charge in [-0.05, 0) is 57.1 Å². The molecular formula is C25H35ClN4O3. The number of aryl methyl sites for hydroxylation is 2. The monoisotopic (exact) mass is 474 g/mol. The van der Waals surface area contributed by atoms with Gasteiger partial charge >= 0.3 is 0 Å². The van der Waals surface area contributed by atoms with Crippen molar-refractivity contribution in [2.24, 2.45) is 5.41 Å². The largest absolute Gasteiger partial charge is 0.493 e. The van der Waals surface area contributed by atoms with Crippen LogP contribution in [0, 0.1) is 19.3 Å². The molecule has 2 fully saturated rings. The highest BCUT2D eigenvalue weighted by molar-refractivity contribution is 6.31. The van der Waals surface area contributed by atoms with Crippen LogP contribution in [0.15, 0.2) is 28.9 Å². The van der Waals surface area contributed by atoms with Crippen molar-refractivity contribution in [2.45, 2.75) is 39.7 Å². The van der Waals surface area contributed by atoms with Crippen molar-refractivity contribution in [3.05, 3.63) is 46.6 Å². The number of halogens is 1. The lowest BCUT2D eigenvalue weighted by Crippen LogP contribution is -2.52. The number of likely N-dealkylation sites (tertiary alicyclic amines) is 1. The van der Waals surface area contributed by atoms with E-state index in [1.807, 2.05) is 36.9 Å². The highest BCUT2D eigenvalue weighted by atomic mass is 35.5. The topological polar surface area (TPSA) is 62.1 Å². The van der Waals surface area contributed by atoms with E-state index in [0.29, 0.717) is 18.9 Å². The molecule has 2 aliphatic heterocycles. The van der Waals surface area contributed by atoms with Crippen molar-refractivity contribution in [2.75, 3.05) is 52.9 Å². The maximum Gasteiger partial charge on any atom is 0.223 e. The Morgan fingerprint density at radius 1 is 1.21 bits per heavy atom. The lowest BCUT2D eigenvalue weighted by atomic mass is 9.77. The average Bonchev–Trinajstić information content (AvgIpc) is 3.19. The first-order valence-corrected chi connectivity index (χ1v) is 12.2. The molecule has 0 N–H and O–H groups in total. The Morgan fingerprint density at radius 2 is 2.00 bits per heavy atom. The van der Waals surface area contributed by atoms with E-state index >= 15 is 0 Å². The number of oxazole rings is 1. The molecule has 2 saturated heterocycles. The van der Waals surface area contributed by atoms with Gasteiger partial charge in [-0.2, -0.15) is 0 Å². The van der Waals surface area contributed by atoms with Crippen molar-refractivity contribution in [1.82, 2.24) is 19.7 Å². The molecule has 1 atom stereocenters. The smallest absolute Gasteiger partial charge is 0.223 e. The van der Waals surface area contributed by atoms with Crippen LogP contribution in [-0.4, -0.2) is 78.5 Å². The maximum absolute atomic E-state index is 13.3. The number of likely N-dealkylation sites (N-methyl/N-ethyl adjacent to an activating group) is 1. The van der Waals surface area contributed by atoms with Crippen LogP contribution >= 0.6 is 11.6 Å². The minimum absolute atomic E-state index is 0.234. The van der Waals surface area contributed by atoms with Gasteiger partial charge in [-0.25, -0.2) is 4.98 Å². The number of piperazine rings is 1. The molecule has 1 aromatic heterocycles. The minimum Gasteiger partial charge on any atom is -0.493 e. The van der Waals surface area contributed by atoms with Crippen LogP contribution in [0.1, 0.15) is 36.4 Å². The van der Waals surface area contributed by atoms with E-state index in [4.69, 9.17) is 20.8 Å². The summed E-state index contributed by atoms with van der Waals surface area (Å²) in [4.78, 5) is 24.5. The summed E-state index contributed by atoms with van der Waals surface area (Å²) in [6.07, 6.45) is 4.22. The first kappa shape index (κ1) is 24.0. The molecule has 0 saturated carbocycles. The predicted molar refractivity (Wildman–Crippen MR) is 129 cm³/mol. The second-order valence-electron chi connectivity index (χ2n) is 9.73. The van der Waals surface area contributed by atoms with Crippen LogP contribution in [0.3, 0.4) is 0 Å². The third-order valence-electron chi connectivity index (χ3n) is 6.85. The Morgan fingerprint density at radius 3 is 2.70 bits per heavy atom. The molecular weight excluding hydrogens is 440 g/mol. The summed E-state index contributed by atoms with van der Waals surface area (Å²) in [6.45, 7) is 10.3. The number of carbonyl (C=O) groups is 1. The second-order valence-corrected chi connectivity index (χ2v) is 10.1. The Bertz CT molecular complexity index is 957. The van der Waals surface area contributed by atoms with Crippen molar-refractivity contribution in [3.8, 4) is 5.75 Å². The zero-order valence-electron chi connectivity index (χ0n) is 20.0. The number of benzene rings is 1. The van der Waals surface area contributed by atoms with Gasteiger partial charge in [-0.15, -0.1) is 0 Å². The molecule has 1 aromatic carbocycles. The number of piperidine rings is 1. The fourth-order valence-corrected chi connectivity index (χ4v) is 5.02. The molecule has 33 heavy (non-hydrogen) atoms. The number of nitrogens with zero attached hydrogens (tertiary/aromatic N) is 4. The molecule has 3 heterocycles. The number of carbonyl (C=O) groups excluding carboxylic acids is 1. The quantitative estimate of drug-likeness (QED) is 0.608. The highest BCUT2D eigenvalue weighted by Gasteiger charge is 2.40. The molecule has 2 aromatic rings. The van der Waals surface area contributed by atoms with Gasteiger partial charge in [0, 0.05) is 63.1 Å². The number of rotatable bonds is 7. The van der Waals surface area contributed by atoms with Gasteiger partial charge in [0.05, 0.1) is 12.3 Å². The van der Waals surface area contributed by atoms with Crippen LogP contribution in [0.5, 0.6) is 5.75 Å². The van der Waals surface area contributed by atoms with Crippen molar-refractivity contribution < 1.29 is 13.9 Å². The number of amides is 1. The summed E-state index contributed by atoms with van der Waals surface area (Å²) < 4.78 is 11.7. The Kier molecular flexibility index (Phi) is 7.62. The van der Waals surface area contributed by atoms with Gasteiger partial charge in [-0.3, -0.25) is 9.69 Å². The second kappa shape index (κ2) is 10.5. The molecule has 0 aliphatic carbocycles. The number of ether oxygens (including phenoxy) is 1. The Labute approximate surface area is 201 Å². The molecule has 2 aliphatic rings. The SMILES string of the molecule is Cc1nc(CN2CCCC(COc3ccc(Cl)c(C)c3)(CC(=O)N3CCN(C)CC3)C2)co1. The van der Waals surface area contributed by atoms with E-state index < -0.39 is 0 Å². The Balaban J connectivity index is 1.48. The van der Waals surface area contributed by atoms with E-state index in [9.17, 15) is 4.79 Å².